The van der Waals surface area contributed by atoms with Gasteiger partial charge >= 0.3 is 0 Å². The normalized spacial score (nSPS) is 10.1. The van der Waals surface area contributed by atoms with E-state index in [0.29, 0.717) is 11.3 Å². The van der Waals surface area contributed by atoms with Gasteiger partial charge in [0.05, 0.1) is 12.8 Å². The summed E-state index contributed by atoms with van der Waals surface area (Å²) in [5.74, 6) is -0.394. The molecule has 0 unspecified atom stereocenters. The van der Waals surface area contributed by atoms with E-state index in [1.165, 1.54) is 25.3 Å². The number of benzene rings is 2. The lowest BCUT2D eigenvalue weighted by atomic mass is 10.1. The smallest absolute Gasteiger partial charge is 0.255 e. The SMILES string of the molecule is CNc1ccc(C(=O)Nc2cc(OC)ccc2F)cc1C. The fourth-order valence-corrected chi connectivity index (χ4v) is 2.01. The van der Waals surface area contributed by atoms with Crippen LogP contribution in [0.1, 0.15) is 15.9 Å². The number of amides is 1. The van der Waals surface area contributed by atoms with Gasteiger partial charge in [0.2, 0.25) is 0 Å². The molecule has 2 aromatic carbocycles. The zero-order valence-corrected chi connectivity index (χ0v) is 12.2. The summed E-state index contributed by atoms with van der Waals surface area (Å²) in [6, 6.07) is 9.44. The van der Waals surface area contributed by atoms with Crippen LogP contribution in [0.4, 0.5) is 15.8 Å². The van der Waals surface area contributed by atoms with Crippen molar-refractivity contribution in [2.75, 3.05) is 24.8 Å². The Bertz CT molecular complexity index is 671. The molecule has 0 aliphatic heterocycles. The standard InChI is InChI=1S/C16H17FN2O2/c1-10-8-11(4-7-14(10)18-2)16(20)19-15-9-12(21-3)5-6-13(15)17/h4-9,18H,1-3H3,(H,19,20). The maximum Gasteiger partial charge on any atom is 0.255 e. The third-order valence-corrected chi connectivity index (χ3v) is 3.18. The molecule has 5 heteroatoms. The first-order chi connectivity index (χ1) is 10.0. The van der Waals surface area contributed by atoms with Crippen molar-refractivity contribution in [2.24, 2.45) is 0 Å². The van der Waals surface area contributed by atoms with Gasteiger partial charge in [-0.25, -0.2) is 4.39 Å². The highest BCUT2D eigenvalue weighted by Crippen LogP contribution is 2.22. The van der Waals surface area contributed by atoms with Crippen LogP contribution in [0.25, 0.3) is 0 Å². The second-order valence-electron chi connectivity index (χ2n) is 4.58. The average Bonchev–Trinajstić information content (AvgIpc) is 2.49. The molecule has 0 aliphatic carbocycles. The number of carbonyl (C=O) groups is 1. The lowest BCUT2D eigenvalue weighted by Crippen LogP contribution is -2.13. The molecule has 2 N–H and O–H groups in total. The Hall–Kier alpha value is -2.56. The molecule has 4 nitrogen and oxygen atoms in total. The van der Waals surface area contributed by atoms with Gasteiger partial charge in [0.15, 0.2) is 0 Å². The monoisotopic (exact) mass is 288 g/mol. The predicted molar refractivity (Wildman–Crippen MR) is 81.6 cm³/mol. The number of halogens is 1. The Balaban J connectivity index is 2.23. The molecule has 2 aromatic rings. The lowest BCUT2D eigenvalue weighted by molar-refractivity contribution is 0.102. The Morgan fingerprint density at radius 1 is 1.14 bits per heavy atom. The van der Waals surface area contributed by atoms with E-state index in [9.17, 15) is 9.18 Å². The van der Waals surface area contributed by atoms with Gasteiger partial charge in [-0.15, -0.1) is 0 Å². The summed E-state index contributed by atoms with van der Waals surface area (Å²) in [4.78, 5) is 12.2. The van der Waals surface area contributed by atoms with Crippen LogP contribution in [0.3, 0.4) is 0 Å². The van der Waals surface area contributed by atoms with Gasteiger partial charge in [0.1, 0.15) is 11.6 Å². The molecule has 0 heterocycles. The van der Waals surface area contributed by atoms with Gasteiger partial charge in [-0.2, -0.15) is 0 Å². The molecule has 0 fully saturated rings. The van der Waals surface area contributed by atoms with Crippen LogP contribution in [0.5, 0.6) is 5.75 Å². The van der Waals surface area contributed by atoms with Gasteiger partial charge in [0.25, 0.3) is 5.91 Å². The first kappa shape index (κ1) is 14.8. The summed E-state index contributed by atoms with van der Waals surface area (Å²) in [7, 11) is 3.30. The zero-order valence-electron chi connectivity index (χ0n) is 12.2. The summed E-state index contributed by atoms with van der Waals surface area (Å²) >= 11 is 0. The molecule has 0 atom stereocenters. The summed E-state index contributed by atoms with van der Waals surface area (Å²) in [6.07, 6.45) is 0. The number of methoxy groups -OCH3 is 1. The van der Waals surface area contributed by atoms with Crippen LogP contribution >= 0.6 is 0 Å². The molecular formula is C16H17FN2O2. The molecule has 0 spiro atoms. The highest BCUT2D eigenvalue weighted by Gasteiger charge is 2.11. The number of hydrogen-bond acceptors (Lipinski definition) is 3. The molecule has 0 bridgehead atoms. The molecule has 110 valence electrons. The minimum atomic E-state index is -0.507. The number of hydrogen-bond donors (Lipinski definition) is 2. The molecular weight excluding hydrogens is 271 g/mol. The topological polar surface area (TPSA) is 50.4 Å². The summed E-state index contributed by atoms with van der Waals surface area (Å²) < 4.78 is 18.7. The minimum Gasteiger partial charge on any atom is -0.497 e. The molecule has 0 saturated carbocycles. The van der Waals surface area contributed by atoms with Crippen molar-refractivity contribution < 1.29 is 13.9 Å². The molecule has 2 rings (SSSR count). The van der Waals surface area contributed by atoms with E-state index < -0.39 is 5.82 Å². The first-order valence-corrected chi connectivity index (χ1v) is 6.48. The highest BCUT2D eigenvalue weighted by molar-refractivity contribution is 6.04. The van der Waals surface area contributed by atoms with Gasteiger partial charge in [-0.05, 0) is 42.8 Å². The third kappa shape index (κ3) is 3.31. The van der Waals surface area contributed by atoms with E-state index in [4.69, 9.17) is 4.74 Å². The summed E-state index contributed by atoms with van der Waals surface area (Å²) in [5, 5.41) is 5.58. The number of aryl methyl sites for hydroxylation is 1. The van der Waals surface area contributed by atoms with E-state index in [1.807, 2.05) is 20.0 Å². The van der Waals surface area contributed by atoms with Crippen molar-refractivity contribution in [3.63, 3.8) is 0 Å². The zero-order chi connectivity index (χ0) is 15.4. The Morgan fingerprint density at radius 2 is 1.90 bits per heavy atom. The second-order valence-corrected chi connectivity index (χ2v) is 4.58. The van der Waals surface area contributed by atoms with E-state index in [2.05, 4.69) is 10.6 Å². The quantitative estimate of drug-likeness (QED) is 0.906. The number of carbonyl (C=O) groups excluding carboxylic acids is 1. The second kappa shape index (κ2) is 6.26. The van der Waals surface area contributed by atoms with Crippen LogP contribution < -0.4 is 15.4 Å². The van der Waals surface area contributed by atoms with Crippen LogP contribution in [-0.4, -0.2) is 20.1 Å². The number of anilines is 2. The fourth-order valence-electron chi connectivity index (χ4n) is 2.01. The number of ether oxygens (including phenoxy) is 1. The lowest BCUT2D eigenvalue weighted by Gasteiger charge is -2.10. The predicted octanol–water partition coefficient (Wildman–Crippen LogP) is 3.44. The third-order valence-electron chi connectivity index (χ3n) is 3.18. The van der Waals surface area contributed by atoms with Gasteiger partial charge in [-0.1, -0.05) is 0 Å². The molecule has 0 aliphatic rings. The molecule has 0 radical (unpaired) electrons. The van der Waals surface area contributed by atoms with E-state index in [1.54, 1.807) is 12.1 Å². The van der Waals surface area contributed by atoms with Crippen LogP contribution in [0.15, 0.2) is 36.4 Å². The van der Waals surface area contributed by atoms with Gasteiger partial charge in [-0.3, -0.25) is 4.79 Å². The summed E-state index contributed by atoms with van der Waals surface area (Å²) in [6.45, 7) is 1.90. The van der Waals surface area contributed by atoms with E-state index in [0.717, 1.165) is 11.3 Å². The molecule has 0 saturated heterocycles. The average molecular weight is 288 g/mol. The minimum absolute atomic E-state index is 0.0923. The molecule has 21 heavy (non-hydrogen) atoms. The van der Waals surface area contributed by atoms with Crippen molar-refractivity contribution in [3.05, 3.63) is 53.3 Å². The Kier molecular flexibility index (Phi) is 4.42. The van der Waals surface area contributed by atoms with E-state index >= 15 is 0 Å². The van der Waals surface area contributed by atoms with Gasteiger partial charge < -0.3 is 15.4 Å². The Labute approximate surface area is 122 Å². The highest BCUT2D eigenvalue weighted by atomic mass is 19.1. The largest absolute Gasteiger partial charge is 0.497 e. The molecule has 1 amide bonds. The van der Waals surface area contributed by atoms with Crippen molar-refractivity contribution in [2.45, 2.75) is 6.92 Å². The maximum atomic E-state index is 13.7. The van der Waals surface area contributed by atoms with Crippen LogP contribution in [0.2, 0.25) is 0 Å². The van der Waals surface area contributed by atoms with Crippen molar-refractivity contribution in [1.29, 1.82) is 0 Å². The van der Waals surface area contributed by atoms with Crippen LogP contribution in [0, 0.1) is 12.7 Å². The maximum absolute atomic E-state index is 13.7. The number of rotatable bonds is 4. The number of nitrogens with one attached hydrogen (secondary N) is 2. The van der Waals surface area contributed by atoms with E-state index in [-0.39, 0.29) is 11.6 Å². The Morgan fingerprint density at radius 3 is 2.52 bits per heavy atom. The van der Waals surface area contributed by atoms with Crippen LogP contribution in [-0.2, 0) is 0 Å². The van der Waals surface area contributed by atoms with Gasteiger partial charge in [0, 0.05) is 24.4 Å². The van der Waals surface area contributed by atoms with Crippen molar-refractivity contribution in [3.8, 4) is 5.75 Å². The summed E-state index contributed by atoms with van der Waals surface area (Å²) in [5.41, 5.74) is 2.44. The fraction of sp³-hybridized carbons (Fsp3) is 0.188. The van der Waals surface area contributed by atoms with Crippen molar-refractivity contribution >= 4 is 17.3 Å². The molecule has 0 aromatic heterocycles. The first-order valence-electron chi connectivity index (χ1n) is 6.48. The van der Waals surface area contributed by atoms with Crippen molar-refractivity contribution in [1.82, 2.24) is 0 Å².